The van der Waals surface area contributed by atoms with Crippen LogP contribution in [-0.2, 0) is 12.8 Å². The summed E-state index contributed by atoms with van der Waals surface area (Å²) in [6, 6.07) is 8.09. The van der Waals surface area contributed by atoms with Gasteiger partial charge in [0.25, 0.3) is 0 Å². The van der Waals surface area contributed by atoms with Gasteiger partial charge < -0.3 is 4.90 Å². The molecule has 1 fully saturated rings. The number of aryl methyl sites for hydroxylation is 1. The van der Waals surface area contributed by atoms with E-state index in [-0.39, 0.29) is 0 Å². The molecule has 1 aliphatic rings. The summed E-state index contributed by atoms with van der Waals surface area (Å²) in [5, 5.41) is 2.05. The average Bonchev–Trinajstić information content (AvgIpc) is 2.93. The van der Waals surface area contributed by atoms with Gasteiger partial charge in [-0.25, -0.2) is 4.98 Å². The Bertz CT molecular complexity index is 630. The zero-order valence-electron chi connectivity index (χ0n) is 13.3. The highest BCUT2D eigenvalue weighted by Gasteiger charge is 2.23. The van der Waals surface area contributed by atoms with Crippen molar-refractivity contribution in [2.45, 2.75) is 38.5 Å². The van der Waals surface area contributed by atoms with Gasteiger partial charge in [0, 0.05) is 16.3 Å². The summed E-state index contributed by atoms with van der Waals surface area (Å²) in [6.07, 6.45) is 4.40. The lowest BCUT2D eigenvalue weighted by Gasteiger charge is -2.28. The Morgan fingerprint density at radius 2 is 2.00 bits per heavy atom. The molecule has 1 aromatic heterocycles. The van der Waals surface area contributed by atoms with Gasteiger partial charge in [-0.2, -0.15) is 0 Å². The molecule has 0 spiro atoms. The Morgan fingerprint density at radius 3 is 2.68 bits per heavy atom. The van der Waals surface area contributed by atoms with E-state index in [1.807, 2.05) is 29.5 Å². The predicted octanol–water partition coefficient (Wildman–Crippen LogP) is 4.76. The van der Waals surface area contributed by atoms with Crippen LogP contribution in [0.4, 0.5) is 0 Å². The molecule has 1 aromatic carbocycles. The molecule has 22 heavy (non-hydrogen) atoms. The standard InChI is InChI=1S/C18H23ClN2S/c1-3-16-18(13-8-10-21(2)11-9-13)22-17(20-16)12-14-6-4-5-7-15(14)19/h4-7,13H,3,8-12H2,1-2H3. The van der Waals surface area contributed by atoms with Gasteiger partial charge in [0.2, 0.25) is 0 Å². The summed E-state index contributed by atoms with van der Waals surface area (Å²) in [6.45, 7) is 4.61. The third-order valence-electron chi connectivity index (χ3n) is 4.50. The molecule has 0 radical (unpaired) electrons. The number of rotatable bonds is 4. The van der Waals surface area contributed by atoms with E-state index in [2.05, 4.69) is 24.9 Å². The van der Waals surface area contributed by atoms with Crippen LogP contribution < -0.4 is 0 Å². The Morgan fingerprint density at radius 1 is 1.27 bits per heavy atom. The SMILES string of the molecule is CCc1nc(Cc2ccccc2Cl)sc1C1CCN(C)CC1. The molecule has 0 bridgehead atoms. The average molecular weight is 335 g/mol. The summed E-state index contributed by atoms with van der Waals surface area (Å²) in [5.41, 5.74) is 2.48. The van der Waals surface area contributed by atoms with Crippen molar-refractivity contribution in [1.82, 2.24) is 9.88 Å². The van der Waals surface area contributed by atoms with Crippen LogP contribution in [0.1, 0.15) is 46.8 Å². The molecule has 0 atom stereocenters. The molecule has 0 unspecified atom stereocenters. The quantitative estimate of drug-likeness (QED) is 0.801. The molecule has 1 aliphatic heterocycles. The maximum absolute atomic E-state index is 6.29. The van der Waals surface area contributed by atoms with Gasteiger partial charge >= 0.3 is 0 Å². The van der Waals surface area contributed by atoms with Gasteiger partial charge in [0.1, 0.15) is 0 Å². The third kappa shape index (κ3) is 3.53. The van der Waals surface area contributed by atoms with Crippen molar-refractivity contribution in [3.05, 3.63) is 50.4 Å². The zero-order valence-corrected chi connectivity index (χ0v) is 14.9. The number of benzene rings is 1. The lowest BCUT2D eigenvalue weighted by Crippen LogP contribution is -2.29. The first-order valence-corrected chi connectivity index (χ1v) is 9.27. The summed E-state index contributed by atoms with van der Waals surface area (Å²) in [5.74, 6) is 0.698. The van der Waals surface area contributed by atoms with E-state index in [1.165, 1.54) is 47.1 Å². The Labute approximate surface area is 142 Å². The van der Waals surface area contributed by atoms with Gasteiger partial charge in [0.05, 0.1) is 10.7 Å². The van der Waals surface area contributed by atoms with E-state index in [4.69, 9.17) is 16.6 Å². The number of thiazole rings is 1. The Kier molecular flexibility index (Phi) is 5.17. The number of hydrogen-bond acceptors (Lipinski definition) is 3. The molecule has 2 nitrogen and oxygen atoms in total. The molecule has 1 saturated heterocycles. The topological polar surface area (TPSA) is 16.1 Å². The van der Waals surface area contributed by atoms with Gasteiger partial charge in [-0.05, 0) is 56.9 Å². The van der Waals surface area contributed by atoms with Crippen molar-refractivity contribution in [1.29, 1.82) is 0 Å². The summed E-state index contributed by atoms with van der Waals surface area (Å²) in [7, 11) is 2.21. The first-order chi connectivity index (χ1) is 10.7. The fraction of sp³-hybridized carbons (Fsp3) is 0.500. The normalized spacial score (nSPS) is 17.0. The molecule has 4 heteroatoms. The number of halogens is 1. The number of piperidine rings is 1. The van der Waals surface area contributed by atoms with Gasteiger partial charge in [-0.3, -0.25) is 0 Å². The monoisotopic (exact) mass is 334 g/mol. The summed E-state index contributed by atoms with van der Waals surface area (Å²) >= 11 is 8.20. The van der Waals surface area contributed by atoms with Crippen LogP contribution in [-0.4, -0.2) is 30.0 Å². The molecule has 2 aromatic rings. The number of aromatic nitrogens is 1. The van der Waals surface area contributed by atoms with Crippen molar-refractivity contribution in [2.24, 2.45) is 0 Å². The van der Waals surface area contributed by atoms with E-state index in [9.17, 15) is 0 Å². The van der Waals surface area contributed by atoms with Crippen molar-refractivity contribution >= 4 is 22.9 Å². The lowest BCUT2D eigenvalue weighted by atomic mass is 9.94. The van der Waals surface area contributed by atoms with Crippen molar-refractivity contribution < 1.29 is 0 Å². The van der Waals surface area contributed by atoms with E-state index in [1.54, 1.807) is 0 Å². The molecule has 3 rings (SSSR count). The minimum absolute atomic E-state index is 0.698. The summed E-state index contributed by atoms with van der Waals surface area (Å²) in [4.78, 5) is 8.86. The highest BCUT2D eigenvalue weighted by Crippen LogP contribution is 2.35. The second-order valence-corrected chi connectivity index (χ2v) is 7.64. The fourth-order valence-corrected chi connectivity index (χ4v) is 4.69. The summed E-state index contributed by atoms with van der Waals surface area (Å²) < 4.78 is 0. The van der Waals surface area contributed by atoms with Crippen LogP contribution >= 0.6 is 22.9 Å². The maximum atomic E-state index is 6.29. The minimum Gasteiger partial charge on any atom is -0.306 e. The van der Waals surface area contributed by atoms with Crippen LogP contribution in [0.5, 0.6) is 0 Å². The third-order valence-corrected chi connectivity index (χ3v) is 6.12. The van der Waals surface area contributed by atoms with E-state index < -0.39 is 0 Å². The number of hydrogen-bond donors (Lipinski definition) is 0. The maximum Gasteiger partial charge on any atom is 0.0975 e. The number of nitrogens with zero attached hydrogens (tertiary/aromatic N) is 2. The molecular formula is C18H23ClN2S. The first-order valence-electron chi connectivity index (χ1n) is 8.07. The van der Waals surface area contributed by atoms with Gasteiger partial charge in [0.15, 0.2) is 0 Å². The molecular weight excluding hydrogens is 312 g/mol. The highest BCUT2D eigenvalue weighted by atomic mass is 35.5. The smallest absolute Gasteiger partial charge is 0.0975 e. The first kappa shape index (κ1) is 16.0. The molecule has 0 N–H and O–H groups in total. The molecule has 0 aliphatic carbocycles. The fourth-order valence-electron chi connectivity index (χ4n) is 3.14. The Balaban J connectivity index is 1.81. The lowest BCUT2D eigenvalue weighted by molar-refractivity contribution is 0.256. The minimum atomic E-state index is 0.698. The van der Waals surface area contributed by atoms with Gasteiger partial charge in [-0.15, -0.1) is 11.3 Å². The molecule has 118 valence electrons. The second kappa shape index (κ2) is 7.12. The van der Waals surface area contributed by atoms with E-state index in [0.29, 0.717) is 5.92 Å². The van der Waals surface area contributed by atoms with Crippen LogP contribution in [0.15, 0.2) is 24.3 Å². The van der Waals surface area contributed by atoms with E-state index in [0.717, 1.165) is 17.9 Å². The van der Waals surface area contributed by atoms with E-state index >= 15 is 0 Å². The predicted molar refractivity (Wildman–Crippen MR) is 95.2 cm³/mol. The number of likely N-dealkylation sites (tertiary alicyclic amines) is 1. The van der Waals surface area contributed by atoms with Crippen molar-refractivity contribution in [3.63, 3.8) is 0 Å². The van der Waals surface area contributed by atoms with Crippen molar-refractivity contribution in [2.75, 3.05) is 20.1 Å². The van der Waals surface area contributed by atoms with Crippen LogP contribution in [0.25, 0.3) is 0 Å². The second-order valence-electron chi connectivity index (χ2n) is 6.12. The van der Waals surface area contributed by atoms with Crippen LogP contribution in [0.2, 0.25) is 5.02 Å². The highest BCUT2D eigenvalue weighted by molar-refractivity contribution is 7.11. The van der Waals surface area contributed by atoms with Crippen LogP contribution in [0.3, 0.4) is 0 Å². The molecule has 0 amide bonds. The Hall–Kier alpha value is -0.900. The largest absolute Gasteiger partial charge is 0.306 e. The van der Waals surface area contributed by atoms with Gasteiger partial charge in [-0.1, -0.05) is 36.7 Å². The van der Waals surface area contributed by atoms with Crippen LogP contribution in [0, 0.1) is 0 Å². The van der Waals surface area contributed by atoms with Crippen molar-refractivity contribution in [3.8, 4) is 0 Å². The molecule has 0 saturated carbocycles. The molecule has 2 heterocycles. The zero-order chi connectivity index (χ0) is 15.5.